The summed E-state index contributed by atoms with van der Waals surface area (Å²) in [6.45, 7) is 0. The summed E-state index contributed by atoms with van der Waals surface area (Å²) in [6, 6.07) is 5.05. The minimum absolute atomic E-state index is 0.524. The van der Waals surface area contributed by atoms with Crippen LogP contribution < -0.4 is 10.3 Å². The summed E-state index contributed by atoms with van der Waals surface area (Å²) >= 11 is 6.90. The minimum Gasteiger partial charge on any atom is -0.308 e. The van der Waals surface area contributed by atoms with Gasteiger partial charge in [-0.2, -0.15) is 0 Å². The molecule has 0 fully saturated rings. The number of rotatable bonds is 3. The van der Waals surface area contributed by atoms with Gasteiger partial charge in [0.1, 0.15) is 0 Å². The zero-order valence-corrected chi connectivity index (χ0v) is 9.41. The molecule has 0 aliphatic rings. The van der Waals surface area contributed by atoms with Crippen molar-refractivity contribution in [2.45, 2.75) is 0 Å². The summed E-state index contributed by atoms with van der Waals surface area (Å²) in [7, 11) is 0. The van der Waals surface area contributed by atoms with E-state index in [0.29, 0.717) is 10.7 Å². The Balaban J connectivity index is 2.68. The van der Waals surface area contributed by atoms with E-state index in [1.165, 1.54) is 0 Å². The largest absolute Gasteiger partial charge is 0.308 e. The molecule has 1 unspecified atom stereocenters. The molecule has 72 valence electrons. The molecule has 1 aromatic rings. The van der Waals surface area contributed by atoms with E-state index in [1.807, 2.05) is 0 Å². The third-order valence-electron chi connectivity index (χ3n) is 1.20. The zero-order valence-electron chi connectivity index (χ0n) is 6.25. The molecule has 1 rings (SSSR count). The van der Waals surface area contributed by atoms with E-state index in [0.717, 1.165) is 4.47 Å². The van der Waals surface area contributed by atoms with Crippen molar-refractivity contribution in [1.82, 2.24) is 4.83 Å². The molecule has 0 aliphatic carbocycles. The van der Waals surface area contributed by atoms with Gasteiger partial charge in [-0.3, -0.25) is 4.55 Å². The van der Waals surface area contributed by atoms with Crippen LogP contribution in [0.15, 0.2) is 22.7 Å². The SMILES string of the molecule is O=S(O)NNc1ccc(Br)c(Cl)c1. The van der Waals surface area contributed by atoms with Gasteiger partial charge in [0.05, 0.1) is 10.7 Å². The molecule has 0 radical (unpaired) electrons. The Hall–Kier alpha value is -0.140. The van der Waals surface area contributed by atoms with Crippen LogP contribution in [0.2, 0.25) is 5.02 Å². The van der Waals surface area contributed by atoms with Gasteiger partial charge < -0.3 is 5.43 Å². The average molecular weight is 286 g/mol. The molecule has 0 spiro atoms. The third kappa shape index (κ3) is 3.61. The van der Waals surface area contributed by atoms with E-state index in [-0.39, 0.29) is 0 Å². The second-order valence-electron chi connectivity index (χ2n) is 2.11. The molecule has 0 heterocycles. The fourth-order valence-corrected chi connectivity index (χ4v) is 1.31. The average Bonchev–Trinajstić information content (AvgIpc) is 2.07. The zero-order chi connectivity index (χ0) is 9.84. The van der Waals surface area contributed by atoms with E-state index in [2.05, 4.69) is 26.2 Å². The van der Waals surface area contributed by atoms with Crippen LogP contribution in [-0.4, -0.2) is 8.76 Å². The summed E-state index contributed by atoms with van der Waals surface area (Å²) in [6.07, 6.45) is 0. The molecule has 1 atom stereocenters. The molecular formula is C6H6BrClN2O2S. The van der Waals surface area contributed by atoms with E-state index in [9.17, 15) is 4.21 Å². The van der Waals surface area contributed by atoms with Gasteiger partial charge in [0.25, 0.3) is 0 Å². The van der Waals surface area contributed by atoms with Crippen molar-refractivity contribution in [2.75, 3.05) is 5.43 Å². The second kappa shape index (κ2) is 4.92. The second-order valence-corrected chi connectivity index (χ2v) is 4.07. The van der Waals surface area contributed by atoms with Crippen molar-refractivity contribution in [1.29, 1.82) is 0 Å². The van der Waals surface area contributed by atoms with Crippen LogP contribution in [-0.2, 0) is 11.3 Å². The summed E-state index contributed by atoms with van der Waals surface area (Å²) in [5, 5.41) is 0.524. The number of halogens is 2. The fourth-order valence-electron chi connectivity index (χ4n) is 0.676. The van der Waals surface area contributed by atoms with Crippen LogP contribution in [0.25, 0.3) is 0 Å². The van der Waals surface area contributed by atoms with Gasteiger partial charge in [-0.1, -0.05) is 11.6 Å². The number of benzene rings is 1. The lowest BCUT2D eigenvalue weighted by Gasteiger charge is -2.05. The third-order valence-corrected chi connectivity index (χ3v) is 2.71. The quantitative estimate of drug-likeness (QED) is 0.589. The highest BCUT2D eigenvalue weighted by molar-refractivity contribution is 9.10. The van der Waals surface area contributed by atoms with E-state index < -0.39 is 11.3 Å². The molecule has 0 amide bonds. The Bertz CT molecular complexity index is 336. The van der Waals surface area contributed by atoms with Gasteiger partial charge in [0, 0.05) is 4.47 Å². The smallest absolute Gasteiger partial charge is 0.250 e. The topological polar surface area (TPSA) is 61.4 Å². The maximum atomic E-state index is 10.2. The lowest BCUT2D eigenvalue weighted by Crippen LogP contribution is -2.23. The highest BCUT2D eigenvalue weighted by atomic mass is 79.9. The number of hydrazine groups is 1. The van der Waals surface area contributed by atoms with E-state index in [4.69, 9.17) is 16.2 Å². The van der Waals surface area contributed by atoms with Gasteiger partial charge in [-0.25, -0.2) is 4.21 Å². The van der Waals surface area contributed by atoms with Crippen LogP contribution in [0.1, 0.15) is 0 Å². The Morgan fingerprint density at radius 3 is 2.77 bits per heavy atom. The van der Waals surface area contributed by atoms with E-state index >= 15 is 0 Å². The standard InChI is InChI=1S/C6H6BrClN2O2S/c7-5-2-1-4(3-6(5)8)9-10-13(11)12/h1-3,9-10H,(H,11,12). The van der Waals surface area contributed by atoms with Gasteiger partial charge in [-0.05, 0) is 34.1 Å². The first-order valence-corrected chi connectivity index (χ1v) is 5.45. The molecule has 0 saturated carbocycles. The number of hydrogen-bond donors (Lipinski definition) is 3. The number of nitrogens with one attached hydrogen (secondary N) is 2. The van der Waals surface area contributed by atoms with Crippen LogP contribution >= 0.6 is 27.5 Å². The molecule has 0 bridgehead atoms. The van der Waals surface area contributed by atoms with Crippen molar-refractivity contribution in [2.24, 2.45) is 0 Å². The Morgan fingerprint density at radius 2 is 2.23 bits per heavy atom. The molecule has 0 aromatic heterocycles. The Kier molecular flexibility index (Phi) is 4.14. The number of anilines is 1. The first-order chi connectivity index (χ1) is 6.09. The molecular weight excluding hydrogens is 280 g/mol. The van der Waals surface area contributed by atoms with Crippen LogP contribution in [0, 0.1) is 0 Å². The fraction of sp³-hybridized carbons (Fsp3) is 0. The van der Waals surface area contributed by atoms with Crippen LogP contribution in [0.3, 0.4) is 0 Å². The lowest BCUT2D eigenvalue weighted by atomic mass is 10.3. The molecule has 3 N–H and O–H groups in total. The predicted molar refractivity (Wildman–Crippen MR) is 56.7 cm³/mol. The van der Waals surface area contributed by atoms with Crippen molar-refractivity contribution < 1.29 is 8.76 Å². The molecule has 0 aliphatic heterocycles. The predicted octanol–water partition coefficient (Wildman–Crippen LogP) is 2.16. The van der Waals surface area contributed by atoms with Gasteiger partial charge in [0.2, 0.25) is 11.3 Å². The molecule has 1 aromatic carbocycles. The maximum absolute atomic E-state index is 10.2. The van der Waals surface area contributed by atoms with Gasteiger partial charge in [0.15, 0.2) is 0 Å². The summed E-state index contributed by atoms with van der Waals surface area (Å²) < 4.78 is 19.4. The summed E-state index contributed by atoms with van der Waals surface area (Å²) in [5.41, 5.74) is 3.11. The Labute approximate surface area is 91.2 Å². The van der Waals surface area contributed by atoms with Crippen molar-refractivity contribution in [3.8, 4) is 0 Å². The first kappa shape index (κ1) is 10.9. The van der Waals surface area contributed by atoms with Crippen LogP contribution in [0.5, 0.6) is 0 Å². The normalized spacial score (nSPS) is 12.5. The van der Waals surface area contributed by atoms with Crippen molar-refractivity contribution in [3.05, 3.63) is 27.7 Å². The Morgan fingerprint density at radius 1 is 1.54 bits per heavy atom. The monoisotopic (exact) mass is 284 g/mol. The summed E-state index contributed by atoms with van der Waals surface area (Å²) in [5.74, 6) is 0. The molecule has 13 heavy (non-hydrogen) atoms. The number of hydrogen-bond acceptors (Lipinski definition) is 2. The lowest BCUT2D eigenvalue weighted by molar-refractivity contribution is 0.555. The van der Waals surface area contributed by atoms with E-state index in [1.54, 1.807) is 18.2 Å². The molecule has 0 saturated heterocycles. The first-order valence-electron chi connectivity index (χ1n) is 3.17. The maximum Gasteiger partial charge on any atom is 0.250 e. The van der Waals surface area contributed by atoms with Crippen molar-refractivity contribution >= 4 is 44.5 Å². The highest BCUT2D eigenvalue weighted by Crippen LogP contribution is 2.24. The minimum atomic E-state index is -2.09. The van der Waals surface area contributed by atoms with Gasteiger partial charge >= 0.3 is 0 Å². The van der Waals surface area contributed by atoms with Crippen LogP contribution in [0.4, 0.5) is 5.69 Å². The summed E-state index contributed by atoms with van der Waals surface area (Å²) in [4.78, 5) is 2.11. The van der Waals surface area contributed by atoms with Gasteiger partial charge in [-0.15, -0.1) is 4.83 Å². The molecule has 7 heteroatoms. The van der Waals surface area contributed by atoms with Crippen molar-refractivity contribution in [3.63, 3.8) is 0 Å². The highest BCUT2D eigenvalue weighted by Gasteiger charge is 1.98. The molecule has 4 nitrogen and oxygen atoms in total.